The van der Waals surface area contributed by atoms with Crippen LogP contribution in [0.3, 0.4) is 0 Å². The fourth-order valence-corrected chi connectivity index (χ4v) is 3.34. The zero-order valence-electron chi connectivity index (χ0n) is 14.0. The van der Waals surface area contributed by atoms with Gasteiger partial charge in [0.25, 0.3) is 0 Å². The van der Waals surface area contributed by atoms with Gasteiger partial charge >= 0.3 is 0 Å². The van der Waals surface area contributed by atoms with Gasteiger partial charge in [-0.25, -0.2) is 0 Å². The summed E-state index contributed by atoms with van der Waals surface area (Å²) in [6, 6.07) is 19.8. The quantitative estimate of drug-likeness (QED) is 0.557. The Labute approximate surface area is 147 Å². The molecular formula is C21H20N4. The number of nitrogens with zero attached hydrogens (tertiary/aromatic N) is 4. The van der Waals surface area contributed by atoms with Crippen molar-refractivity contribution in [1.29, 1.82) is 0 Å². The third-order valence-electron chi connectivity index (χ3n) is 4.70. The maximum atomic E-state index is 4.50. The fourth-order valence-electron chi connectivity index (χ4n) is 3.34. The largest absolute Gasteiger partial charge is 0.155 e. The Bertz CT molecular complexity index is 763. The highest BCUT2D eigenvalue weighted by Crippen LogP contribution is 2.41. The standard InChI is InChI=1S/C21H20N4/c1-3-7-18(8-4-1)22-24-20-13-11-17-15-16(20)12-14-21(17)25-23-19-9-5-2-6-10-19/h1-10,13-14,16-17H,11-12,15H2/t16-,17-/m0/s1. The normalized spacial score (nSPS) is 22.9. The van der Waals surface area contributed by atoms with E-state index < -0.39 is 0 Å². The van der Waals surface area contributed by atoms with E-state index in [1.54, 1.807) is 0 Å². The van der Waals surface area contributed by atoms with Gasteiger partial charge in [0, 0.05) is 11.8 Å². The summed E-state index contributed by atoms with van der Waals surface area (Å²) in [6.45, 7) is 0. The van der Waals surface area contributed by atoms with Crippen LogP contribution in [0.1, 0.15) is 19.3 Å². The predicted molar refractivity (Wildman–Crippen MR) is 98.9 cm³/mol. The van der Waals surface area contributed by atoms with Crippen molar-refractivity contribution in [3.8, 4) is 0 Å². The molecule has 124 valence electrons. The van der Waals surface area contributed by atoms with Crippen LogP contribution in [0.15, 0.2) is 105 Å². The van der Waals surface area contributed by atoms with Gasteiger partial charge in [-0.05, 0) is 43.5 Å². The number of azo groups is 2. The first-order chi connectivity index (χ1) is 12.4. The van der Waals surface area contributed by atoms with Gasteiger partial charge in [0.05, 0.1) is 22.8 Å². The lowest BCUT2D eigenvalue weighted by Gasteiger charge is -2.30. The molecular weight excluding hydrogens is 308 g/mol. The highest BCUT2D eigenvalue weighted by molar-refractivity contribution is 5.36. The molecule has 25 heavy (non-hydrogen) atoms. The van der Waals surface area contributed by atoms with E-state index in [0.29, 0.717) is 11.8 Å². The maximum absolute atomic E-state index is 4.50. The lowest BCUT2D eigenvalue weighted by atomic mass is 9.77. The molecule has 0 fully saturated rings. The van der Waals surface area contributed by atoms with Crippen LogP contribution in [-0.4, -0.2) is 0 Å². The number of rotatable bonds is 4. The van der Waals surface area contributed by atoms with Crippen LogP contribution in [0.2, 0.25) is 0 Å². The monoisotopic (exact) mass is 328 g/mol. The number of hydrogen-bond donors (Lipinski definition) is 0. The molecule has 2 atom stereocenters. The molecule has 2 aromatic rings. The van der Waals surface area contributed by atoms with E-state index in [1.165, 1.54) is 0 Å². The molecule has 0 radical (unpaired) electrons. The van der Waals surface area contributed by atoms with Crippen molar-refractivity contribution in [1.82, 2.24) is 0 Å². The molecule has 0 saturated carbocycles. The lowest BCUT2D eigenvalue weighted by Crippen LogP contribution is -2.20. The molecule has 4 nitrogen and oxygen atoms in total. The number of allylic oxidation sites excluding steroid dienone is 4. The molecule has 4 heteroatoms. The van der Waals surface area contributed by atoms with Gasteiger partial charge in [0.1, 0.15) is 0 Å². The Kier molecular flexibility index (Phi) is 4.59. The average Bonchev–Trinajstić information content (AvgIpc) is 2.68. The molecule has 0 aliphatic heterocycles. The van der Waals surface area contributed by atoms with Crippen LogP contribution in [0.5, 0.6) is 0 Å². The Morgan fingerprint density at radius 1 is 0.560 bits per heavy atom. The average molecular weight is 328 g/mol. The van der Waals surface area contributed by atoms with Crippen molar-refractivity contribution >= 4 is 11.4 Å². The Balaban J connectivity index is 1.44. The van der Waals surface area contributed by atoms with Crippen LogP contribution in [0.25, 0.3) is 0 Å². The summed E-state index contributed by atoms with van der Waals surface area (Å²) in [5, 5.41) is 17.7. The number of fused-ring (bicyclic) bond motifs is 2. The number of benzene rings is 2. The van der Waals surface area contributed by atoms with Crippen molar-refractivity contribution in [2.24, 2.45) is 32.3 Å². The molecule has 2 aliphatic carbocycles. The van der Waals surface area contributed by atoms with Gasteiger partial charge in [-0.3, -0.25) is 0 Å². The minimum atomic E-state index is 0.446. The molecule has 0 amide bonds. The minimum absolute atomic E-state index is 0.446. The van der Waals surface area contributed by atoms with E-state index in [-0.39, 0.29) is 0 Å². The van der Waals surface area contributed by atoms with Gasteiger partial charge in [0.15, 0.2) is 0 Å². The second-order valence-electron chi connectivity index (χ2n) is 6.43. The van der Waals surface area contributed by atoms with Crippen molar-refractivity contribution in [3.63, 3.8) is 0 Å². The van der Waals surface area contributed by atoms with Gasteiger partial charge in [-0.15, -0.1) is 0 Å². The second kappa shape index (κ2) is 7.34. The highest BCUT2D eigenvalue weighted by Gasteiger charge is 2.30. The third-order valence-corrected chi connectivity index (χ3v) is 4.70. The van der Waals surface area contributed by atoms with E-state index in [1.807, 2.05) is 60.7 Å². The Morgan fingerprint density at radius 3 is 1.44 bits per heavy atom. The minimum Gasteiger partial charge on any atom is -0.155 e. The molecule has 2 aliphatic rings. The molecule has 0 spiro atoms. The molecule has 0 N–H and O–H groups in total. The summed E-state index contributed by atoms with van der Waals surface area (Å²) in [6.07, 6.45) is 7.43. The van der Waals surface area contributed by atoms with Crippen LogP contribution in [0.4, 0.5) is 11.4 Å². The van der Waals surface area contributed by atoms with Crippen molar-refractivity contribution in [2.45, 2.75) is 19.3 Å². The smallest absolute Gasteiger partial charge is 0.0856 e. The molecule has 4 rings (SSSR count). The molecule has 0 saturated heterocycles. The maximum Gasteiger partial charge on any atom is 0.0856 e. The summed E-state index contributed by atoms with van der Waals surface area (Å²) in [7, 11) is 0. The van der Waals surface area contributed by atoms with E-state index in [2.05, 4.69) is 32.6 Å². The topological polar surface area (TPSA) is 49.4 Å². The summed E-state index contributed by atoms with van der Waals surface area (Å²) in [5.41, 5.74) is 4.01. The SMILES string of the molecule is C1=C(N=Nc2ccccc2)[C@H]2CC=C(N=Nc3ccccc3)[C@@H](C1)C2. The molecule has 0 unspecified atom stereocenters. The number of hydrogen-bond acceptors (Lipinski definition) is 4. The van der Waals surface area contributed by atoms with Gasteiger partial charge in [-0.1, -0.05) is 48.6 Å². The summed E-state index contributed by atoms with van der Waals surface area (Å²) >= 11 is 0. The van der Waals surface area contributed by atoms with Gasteiger partial charge in [0.2, 0.25) is 0 Å². The molecule has 0 aromatic heterocycles. The van der Waals surface area contributed by atoms with Crippen LogP contribution in [-0.2, 0) is 0 Å². The Morgan fingerprint density at radius 2 is 1.00 bits per heavy atom. The van der Waals surface area contributed by atoms with Crippen molar-refractivity contribution in [3.05, 3.63) is 84.2 Å². The van der Waals surface area contributed by atoms with Crippen LogP contribution in [0, 0.1) is 11.8 Å². The van der Waals surface area contributed by atoms with E-state index >= 15 is 0 Å². The van der Waals surface area contributed by atoms with E-state index in [0.717, 1.165) is 42.0 Å². The predicted octanol–water partition coefficient (Wildman–Crippen LogP) is 6.75. The first-order valence-electron chi connectivity index (χ1n) is 8.72. The third kappa shape index (κ3) is 3.79. The van der Waals surface area contributed by atoms with Crippen LogP contribution >= 0.6 is 0 Å². The van der Waals surface area contributed by atoms with Gasteiger partial charge < -0.3 is 0 Å². The molecule has 2 bridgehead atoms. The first kappa shape index (κ1) is 15.6. The Hall–Kier alpha value is -2.88. The van der Waals surface area contributed by atoms with E-state index in [4.69, 9.17) is 0 Å². The summed E-state index contributed by atoms with van der Waals surface area (Å²) in [4.78, 5) is 0. The zero-order chi connectivity index (χ0) is 16.9. The lowest BCUT2D eigenvalue weighted by molar-refractivity contribution is 0.392. The molecule has 0 heterocycles. The van der Waals surface area contributed by atoms with Gasteiger partial charge in [-0.2, -0.15) is 20.5 Å². The summed E-state index contributed by atoms with van der Waals surface area (Å²) < 4.78 is 0. The second-order valence-corrected chi connectivity index (χ2v) is 6.43. The van der Waals surface area contributed by atoms with Crippen LogP contribution < -0.4 is 0 Å². The fraction of sp³-hybridized carbons (Fsp3) is 0.238. The zero-order valence-corrected chi connectivity index (χ0v) is 14.0. The first-order valence-corrected chi connectivity index (χ1v) is 8.72. The summed E-state index contributed by atoms with van der Waals surface area (Å²) in [5.74, 6) is 0.892. The van der Waals surface area contributed by atoms with E-state index in [9.17, 15) is 0 Å². The molecule has 2 aromatic carbocycles. The highest BCUT2D eigenvalue weighted by atomic mass is 15.1. The van der Waals surface area contributed by atoms with Crippen molar-refractivity contribution < 1.29 is 0 Å². The van der Waals surface area contributed by atoms with Crippen molar-refractivity contribution in [2.75, 3.05) is 0 Å².